The number of ether oxygens (including phenoxy) is 1. The molecule has 25 heavy (non-hydrogen) atoms. The lowest BCUT2D eigenvalue weighted by molar-refractivity contribution is -0.114. The minimum absolute atomic E-state index is 0.0295. The molecule has 0 radical (unpaired) electrons. The standard InChI is InChI=1S/C16H16N2O6S/c1-10(19)17-11-3-6-13(7-4-11)25(22,23)18-12-5-8-14(15(20)9-12)16(21)24-2/h3-9,18,20H,1-2H3,(H,17,19). The number of rotatable bonds is 5. The van der Waals surface area contributed by atoms with Crippen molar-refractivity contribution in [2.75, 3.05) is 17.1 Å². The lowest BCUT2D eigenvalue weighted by Gasteiger charge is -2.10. The molecule has 0 aliphatic carbocycles. The Morgan fingerprint density at radius 2 is 1.64 bits per heavy atom. The van der Waals surface area contributed by atoms with Crippen molar-refractivity contribution in [3.8, 4) is 5.75 Å². The first kappa shape index (κ1) is 18.3. The maximum absolute atomic E-state index is 12.3. The molecule has 0 heterocycles. The third-order valence-electron chi connectivity index (χ3n) is 3.14. The third kappa shape index (κ3) is 4.48. The molecular weight excluding hydrogens is 348 g/mol. The SMILES string of the molecule is COC(=O)c1ccc(NS(=O)(=O)c2ccc(NC(C)=O)cc2)cc1O. The van der Waals surface area contributed by atoms with Crippen LogP contribution in [0.1, 0.15) is 17.3 Å². The van der Waals surface area contributed by atoms with Gasteiger partial charge in [-0.3, -0.25) is 9.52 Å². The summed E-state index contributed by atoms with van der Waals surface area (Å²) in [7, 11) is -2.73. The predicted octanol–water partition coefficient (Wildman–Crippen LogP) is 1.94. The van der Waals surface area contributed by atoms with E-state index in [1.165, 1.54) is 50.4 Å². The first-order valence-corrected chi connectivity index (χ1v) is 8.53. The molecule has 0 aliphatic heterocycles. The van der Waals surface area contributed by atoms with E-state index < -0.39 is 21.7 Å². The van der Waals surface area contributed by atoms with Gasteiger partial charge in [0, 0.05) is 18.7 Å². The number of benzene rings is 2. The molecule has 0 saturated carbocycles. The number of carbonyl (C=O) groups is 2. The summed E-state index contributed by atoms with van der Waals surface area (Å²) in [5.74, 6) is -1.41. The average molecular weight is 364 g/mol. The second-order valence-corrected chi connectivity index (χ2v) is 6.72. The van der Waals surface area contributed by atoms with Crippen molar-refractivity contribution in [2.45, 2.75) is 11.8 Å². The minimum atomic E-state index is -3.90. The summed E-state index contributed by atoms with van der Waals surface area (Å²) >= 11 is 0. The largest absolute Gasteiger partial charge is 0.507 e. The van der Waals surface area contributed by atoms with E-state index in [-0.39, 0.29) is 22.1 Å². The summed E-state index contributed by atoms with van der Waals surface area (Å²) in [5, 5.41) is 12.3. The Balaban J connectivity index is 2.22. The van der Waals surface area contributed by atoms with Crippen LogP contribution in [0.4, 0.5) is 11.4 Å². The number of phenols is 1. The fraction of sp³-hybridized carbons (Fsp3) is 0.125. The van der Waals surface area contributed by atoms with Crippen molar-refractivity contribution in [1.29, 1.82) is 0 Å². The van der Waals surface area contributed by atoms with Crippen LogP contribution in [-0.2, 0) is 19.6 Å². The second kappa shape index (κ2) is 7.22. The van der Waals surface area contributed by atoms with Gasteiger partial charge < -0.3 is 15.2 Å². The molecular formula is C16H16N2O6S. The number of anilines is 2. The molecule has 0 atom stereocenters. The van der Waals surface area contributed by atoms with Gasteiger partial charge in [-0.1, -0.05) is 0 Å². The molecule has 3 N–H and O–H groups in total. The Bertz CT molecular complexity index is 907. The number of nitrogens with one attached hydrogen (secondary N) is 2. The van der Waals surface area contributed by atoms with Gasteiger partial charge in [-0.15, -0.1) is 0 Å². The zero-order valence-electron chi connectivity index (χ0n) is 13.4. The molecule has 2 aromatic carbocycles. The van der Waals surface area contributed by atoms with E-state index in [1.807, 2.05) is 0 Å². The number of hydrogen-bond acceptors (Lipinski definition) is 6. The van der Waals surface area contributed by atoms with Crippen LogP contribution in [-0.4, -0.2) is 32.5 Å². The van der Waals surface area contributed by atoms with Crippen LogP contribution in [0.2, 0.25) is 0 Å². The monoisotopic (exact) mass is 364 g/mol. The van der Waals surface area contributed by atoms with Crippen LogP contribution >= 0.6 is 0 Å². The molecule has 132 valence electrons. The topological polar surface area (TPSA) is 122 Å². The van der Waals surface area contributed by atoms with Crippen molar-refractivity contribution in [2.24, 2.45) is 0 Å². The Morgan fingerprint density at radius 1 is 1.04 bits per heavy atom. The Kier molecular flexibility index (Phi) is 5.28. The molecule has 1 amide bonds. The molecule has 0 bridgehead atoms. The molecule has 0 unspecified atom stereocenters. The van der Waals surface area contributed by atoms with E-state index in [0.29, 0.717) is 5.69 Å². The lowest BCUT2D eigenvalue weighted by atomic mass is 10.2. The highest BCUT2D eigenvalue weighted by Gasteiger charge is 2.17. The van der Waals surface area contributed by atoms with E-state index in [9.17, 15) is 23.1 Å². The van der Waals surface area contributed by atoms with Gasteiger partial charge in [0.25, 0.3) is 10.0 Å². The highest BCUT2D eigenvalue weighted by atomic mass is 32.2. The van der Waals surface area contributed by atoms with Crippen molar-refractivity contribution >= 4 is 33.3 Å². The number of carbonyl (C=O) groups excluding carboxylic acids is 2. The highest BCUT2D eigenvalue weighted by Crippen LogP contribution is 2.25. The highest BCUT2D eigenvalue weighted by molar-refractivity contribution is 7.92. The number of phenolic OH excluding ortho intramolecular Hbond substituents is 1. The maximum atomic E-state index is 12.3. The zero-order chi connectivity index (χ0) is 18.6. The van der Waals surface area contributed by atoms with Gasteiger partial charge >= 0.3 is 5.97 Å². The summed E-state index contributed by atoms with van der Waals surface area (Å²) in [4.78, 5) is 22.3. The number of hydrogen-bond donors (Lipinski definition) is 3. The van der Waals surface area contributed by atoms with E-state index in [0.717, 1.165) is 6.07 Å². The van der Waals surface area contributed by atoms with Gasteiger partial charge in [0.15, 0.2) is 0 Å². The fourth-order valence-corrected chi connectivity index (χ4v) is 3.06. The van der Waals surface area contributed by atoms with Crippen molar-refractivity contribution in [3.63, 3.8) is 0 Å². The molecule has 0 aliphatic rings. The predicted molar refractivity (Wildman–Crippen MR) is 91.0 cm³/mol. The average Bonchev–Trinajstić information content (AvgIpc) is 2.54. The molecule has 9 heteroatoms. The quantitative estimate of drug-likeness (QED) is 0.697. The molecule has 2 aromatic rings. The molecule has 2 rings (SSSR count). The third-order valence-corrected chi connectivity index (χ3v) is 4.54. The molecule has 0 saturated heterocycles. The number of amides is 1. The first-order valence-electron chi connectivity index (χ1n) is 7.05. The summed E-state index contributed by atoms with van der Waals surface area (Å²) in [6.07, 6.45) is 0. The van der Waals surface area contributed by atoms with Gasteiger partial charge in [0.2, 0.25) is 5.91 Å². The Labute approximate surface area is 144 Å². The van der Waals surface area contributed by atoms with Crippen LogP contribution < -0.4 is 10.0 Å². The molecule has 0 spiro atoms. The second-order valence-electron chi connectivity index (χ2n) is 5.03. The molecule has 0 aromatic heterocycles. The van der Waals surface area contributed by atoms with Crippen LogP contribution in [0.15, 0.2) is 47.4 Å². The Hall–Kier alpha value is -3.07. The summed E-state index contributed by atoms with van der Waals surface area (Å²) in [6, 6.07) is 9.25. The fourth-order valence-electron chi connectivity index (χ4n) is 2.01. The number of sulfonamides is 1. The van der Waals surface area contributed by atoms with Crippen molar-refractivity contribution in [1.82, 2.24) is 0 Å². The molecule has 8 nitrogen and oxygen atoms in total. The van der Waals surface area contributed by atoms with Crippen molar-refractivity contribution < 1.29 is 27.9 Å². The van der Waals surface area contributed by atoms with E-state index in [4.69, 9.17) is 0 Å². The van der Waals surface area contributed by atoms with E-state index in [2.05, 4.69) is 14.8 Å². The van der Waals surface area contributed by atoms with E-state index >= 15 is 0 Å². The van der Waals surface area contributed by atoms with Crippen LogP contribution in [0.5, 0.6) is 5.75 Å². The van der Waals surface area contributed by atoms with Gasteiger partial charge in [-0.2, -0.15) is 0 Å². The van der Waals surface area contributed by atoms with Gasteiger partial charge in [-0.25, -0.2) is 13.2 Å². The van der Waals surface area contributed by atoms with Crippen LogP contribution in [0, 0.1) is 0 Å². The maximum Gasteiger partial charge on any atom is 0.341 e. The summed E-state index contributed by atoms with van der Waals surface area (Å²) in [5.41, 5.74) is 0.465. The zero-order valence-corrected chi connectivity index (χ0v) is 14.3. The van der Waals surface area contributed by atoms with Gasteiger partial charge in [-0.05, 0) is 36.4 Å². The number of methoxy groups -OCH3 is 1. The normalized spacial score (nSPS) is 10.8. The lowest BCUT2D eigenvalue weighted by Crippen LogP contribution is -2.13. The smallest absolute Gasteiger partial charge is 0.341 e. The van der Waals surface area contributed by atoms with Crippen molar-refractivity contribution in [3.05, 3.63) is 48.0 Å². The first-order chi connectivity index (χ1) is 11.7. The van der Waals surface area contributed by atoms with E-state index in [1.54, 1.807) is 0 Å². The van der Waals surface area contributed by atoms with Crippen LogP contribution in [0.3, 0.4) is 0 Å². The Morgan fingerprint density at radius 3 is 2.16 bits per heavy atom. The summed E-state index contributed by atoms with van der Waals surface area (Å²) in [6.45, 7) is 1.34. The summed E-state index contributed by atoms with van der Waals surface area (Å²) < 4.78 is 31.5. The minimum Gasteiger partial charge on any atom is -0.507 e. The van der Waals surface area contributed by atoms with Crippen LogP contribution in [0.25, 0.3) is 0 Å². The molecule has 0 fully saturated rings. The number of aromatic hydroxyl groups is 1. The van der Waals surface area contributed by atoms with Gasteiger partial charge in [0.05, 0.1) is 17.7 Å². The number of esters is 1. The van der Waals surface area contributed by atoms with Gasteiger partial charge in [0.1, 0.15) is 11.3 Å².